The minimum Gasteiger partial charge on any atom is -0.358 e. The fraction of sp³-hybridized carbons (Fsp3) is 0.467. The molecule has 1 N–H and O–H groups in total. The highest BCUT2D eigenvalue weighted by molar-refractivity contribution is 5.85. The number of aryl methyl sites for hydroxylation is 2. The van der Waals surface area contributed by atoms with Crippen LogP contribution in [0.2, 0.25) is 0 Å². The predicted octanol–water partition coefficient (Wildman–Crippen LogP) is 2.90. The smallest absolute Gasteiger partial charge is 0.0461 e. The maximum absolute atomic E-state index is 3.60. The molecule has 1 heterocycles. The highest BCUT2D eigenvalue weighted by Crippen LogP contribution is 2.30. The molecule has 0 bridgehead atoms. The Kier molecular flexibility index (Phi) is 2.48. The molecule has 2 heteroatoms. The van der Waals surface area contributed by atoms with Crippen LogP contribution in [-0.4, -0.2) is 30.0 Å². The lowest BCUT2D eigenvalue weighted by molar-refractivity contribution is 0.268. The summed E-state index contributed by atoms with van der Waals surface area (Å²) >= 11 is 0. The zero-order valence-corrected chi connectivity index (χ0v) is 10.9. The third kappa shape index (κ3) is 1.77. The molecule has 0 spiro atoms. The van der Waals surface area contributed by atoms with Gasteiger partial charge in [0.2, 0.25) is 0 Å². The third-order valence-electron chi connectivity index (χ3n) is 4.05. The first kappa shape index (κ1) is 10.8. The molecule has 90 valence electrons. The summed E-state index contributed by atoms with van der Waals surface area (Å²) in [6.45, 7) is 2.15. The molecule has 1 aromatic heterocycles. The normalized spacial score (nSPS) is 19.9. The largest absolute Gasteiger partial charge is 0.358 e. The molecular weight excluding hydrogens is 208 g/mol. The lowest BCUT2D eigenvalue weighted by Crippen LogP contribution is -2.33. The predicted molar refractivity (Wildman–Crippen MR) is 72.5 cm³/mol. The van der Waals surface area contributed by atoms with E-state index in [1.165, 1.54) is 41.4 Å². The topological polar surface area (TPSA) is 19.0 Å². The summed E-state index contributed by atoms with van der Waals surface area (Å²) in [5.74, 6) is 0. The number of likely N-dealkylation sites (N-methyl/N-ethyl adjacent to an activating group) is 1. The molecule has 1 aliphatic carbocycles. The minimum absolute atomic E-state index is 0.697. The summed E-state index contributed by atoms with van der Waals surface area (Å²) in [5, 5.41) is 1.43. The minimum atomic E-state index is 0.697. The average molecular weight is 228 g/mol. The molecule has 1 aliphatic rings. The van der Waals surface area contributed by atoms with Gasteiger partial charge in [0.15, 0.2) is 0 Å². The van der Waals surface area contributed by atoms with Crippen LogP contribution < -0.4 is 0 Å². The summed E-state index contributed by atoms with van der Waals surface area (Å²) in [7, 11) is 4.38. The Morgan fingerprint density at radius 1 is 1.29 bits per heavy atom. The van der Waals surface area contributed by atoms with Crippen LogP contribution in [0.15, 0.2) is 18.2 Å². The zero-order chi connectivity index (χ0) is 12.0. The third-order valence-corrected chi connectivity index (χ3v) is 4.05. The number of benzene rings is 1. The molecule has 3 rings (SSSR count). The van der Waals surface area contributed by atoms with Crippen LogP contribution in [0, 0.1) is 6.92 Å². The van der Waals surface area contributed by atoms with E-state index in [1.54, 1.807) is 5.56 Å². The standard InChI is InChI=1S/C15H20N2/c1-10-4-6-12-13-9-11(17(2)3)5-7-14(13)16-15(12)8-10/h4,6,8,11,16H,5,7,9H2,1-3H3. The molecule has 1 aromatic carbocycles. The number of hydrogen-bond acceptors (Lipinski definition) is 1. The van der Waals surface area contributed by atoms with E-state index in [0.717, 1.165) is 0 Å². The Hall–Kier alpha value is -1.28. The summed E-state index contributed by atoms with van der Waals surface area (Å²) < 4.78 is 0. The van der Waals surface area contributed by atoms with Crippen LogP contribution in [0.4, 0.5) is 0 Å². The van der Waals surface area contributed by atoms with Gasteiger partial charge >= 0.3 is 0 Å². The highest BCUT2D eigenvalue weighted by atomic mass is 15.1. The van der Waals surface area contributed by atoms with Crippen molar-refractivity contribution in [2.45, 2.75) is 32.2 Å². The molecule has 0 radical (unpaired) electrons. The average Bonchev–Trinajstić information content (AvgIpc) is 2.64. The zero-order valence-electron chi connectivity index (χ0n) is 10.9. The Labute approximate surface area is 103 Å². The SMILES string of the molecule is Cc1ccc2c3c([nH]c2c1)CCC(N(C)C)C3. The van der Waals surface area contributed by atoms with Gasteiger partial charge in [-0.15, -0.1) is 0 Å². The fourth-order valence-corrected chi connectivity index (χ4v) is 2.96. The van der Waals surface area contributed by atoms with E-state index in [1.807, 2.05) is 0 Å². The van der Waals surface area contributed by atoms with Gasteiger partial charge in [0.1, 0.15) is 0 Å². The molecule has 0 aliphatic heterocycles. The number of H-pyrrole nitrogens is 1. The van der Waals surface area contributed by atoms with Crippen molar-refractivity contribution in [1.29, 1.82) is 0 Å². The number of aromatic amines is 1. The van der Waals surface area contributed by atoms with E-state index in [4.69, 9.17) is 0 Å². The number of nitrogens with zero attached hydrogens (tertiary/aromatic N) is 1. The van der Waals surface area contributed by atoms with Gasteiger partial charge in [0.05, 0.1) is 0 Å². The Morgan fingerprint density at radius 3 is 2.88 bits per heavy atom. The lowest BCUT2D eigenvalue weighted by atomic mass is 9.91. The van der Waals surface area contributed by atoms with Crippen molar-refractivity contribution in [3.05, 3.63) is 35.0 Å². The molecule has 1 unspecified atom stereocenters. The Balaban J connectivity index is 2.09. The molecule has 0 saturated heterocycles. The number of fused-ring (bicyclic) bond motifs is 3. The van der Waals surface area contributed by atoms with Gasteiger partial charge in [0.25, 0.3) is 0 Å². The molecule has 2 nitrogen and oxygen atoms in total. The second-order valence-corrected chi connectivity index (χ2v) is 5.49. The van der Waals surface area contributed by atoms with Crippen molar-refractivity contribution in [2.24, 2.45) is 0 Å². The van der Waals surface area contributed by atoms with Gasteiger partial charge in [-0.25, -0.2) is 0 Å². The van der Waals surface area contributed by atoms with Crippen molar-refractivity contribution in [3.63, 3.8) is 0 Å². The van der Waals surface area contributed by atoms with Crippen LogP contribution in [0.25, 0.3) is 10.9 Å². The molecule has 0 saturated carbocycles. The van der Waals surface area contributed by atoms with E-state index in [0.29, 0.717) is 6.04 Å². The molecule has 0 amide bonds. The van der Waals surface area contributed by atoms with Crippen LogP contribution in [0.3, 0.4) is 0 Å². The summed E-state index contributed by atoms with van der Waals surface area (Å²) in [5.41, 5.74) is 5.66. The number of hydrogen-bond donors (Lipinski definition) is 1. The first-order valence-corrected chi connectivity index (χ1v) is 6.41. The van der Waals surface area contributed by atoms with Gasteiger partial charge in [-0.3, -0.25) is 0 Å². The van der Waals surface area contributed by atoms with E-state index >= 15 is 0 Å². The van der Waals surface area contributed by atoms with Crippen molar-refractivity contribution >= 4 is 10.9 Å². The lowest BCUT2D eigenvalue weighted by Gasteiger charge is -2.28. The maximum atomic E-state index is 3.60. The molecule has 2 aromatic rings. The van der Waals surface area contributed by atoms with Crippen LogP contribution in [0.1, 0.15) is 23.2 Å². The van der Waals surface area contributed by atoms with E-state index in [2.05, 4.69) is 49.1 Å². The van der Waals surface area contributed by atoms with Gasteiger partial charge in [0, 0.05) is 22.6 Å². The van der Waals surface area contributed by atoms with Gasteiger partial charge in [-0.05, 0) is 57.5 Å². The van der Waals surface area contributed by atoms with Gasteiger partial charge < -0.3 is 9.88 Å². The second-order valence-electron chi connectivity index (χ2n) is 5.49. The molecular formula is C15H20N2. The van der Waals surface area contributed by atoms with Crippen molar-refractivity contribution < 1.29 is 0 Å². The summed E-state index contributed by atoms with van der Waals surface area (Å²) in [6.07, 6.45) is 3.64. The number of nitrogens with one attached hydrogen (secondary N) is 1. The summed E-state index contributed by atoms with van der Waals surface area (Å²) in [6, 6.07) is 7.45. The number of aromatic nitrogens is 1. The first-order chi connectivity index (χ1) is 8.15. The van der Waals surface area contributed by atoms with Crippen molar-refractivity contribution in [1.82, 2.24) is 9.88 Å². The van der Waals surface area contributed by atoms with Crippen LogP contribution in [0.5, 0.6) is 0 Å². The Morgan fingerprint density at radius 2 is 2.12 bits per heavy atom. The van der Waals surface area contributed by atoms with E-state index in [9.17, 15) is 0 Å². The number of rotatable bonds is 1. The highest BCUT2D eigenvalue weighted by Gasteiger charge is 2.23. The van der Waals surface area contributed by atoms with Gasteiger partial charge in [-0.1, -0.05) is 12.1 Å². The summed E-state index contributed by atoms with van der Waals surface area (Å²) in [4.78, 5) is 5.95. The second kappa shape index (κ2) is 3.88. The monoisotopic (exact) mass is 228 g/mol. The van der Waals surface area contributed by atoms with E-state index in [-0.39, 0.29) is 0 Å². The first-order valence-electron chi connectivity index (χ1n) is 6.41. The maximum Gasteiger partial charge on any atom is 0.0461 e. The quantitative estimate of drug-likeness (QED) is 0.795. The fourth-order valence-electron chi connectivity index (χ4n) is 2.96. The molecule has 1 atom stereocenters. The van der Waals surface area contributed by atoms with Crippen LogP contribution in [-0.2, 0) is 12.8 Å². The van der Waals surface area contributed by atoms with Crippen molar-refractivity contribution in [3.8, 4) is 0 Å². The Bertz CT molecular complexity index is 551. The van der Waals surface area contributed by atoms with Gasteiger partial charge in [-0.2, -0.15) is 0 Å². The van der Waals surface area contributed by atoms with Crippen molar-refractivity contribution in [2.75, 3.05) is 14.1 Å². The molecule has 0 fully saturated rings. The van der Waals surface area contributed by atoms with E-state index < -0.39 is 0 Å². The molecule has 17 heavy (non-hydrogen) atoms. The van der Waals surface area contributed by atoms with Crippen LogP contribution >= 0.6 is 0 Å².